The van der Waals surface area contributed by atoms with Crippen molar-refractivity contribution in [2.45, 2.75) is 6.61 Å². The van der Waals surface area contributed by atoms with Crippen LogP contribution in [0.1, 0.15) is 11.1 Å². The summed E-state index contributed by atoms with van der Waals surface area (Å²) in [7, 11) is 0. The van der Waals surface area contributed by atoms with Gasteiger partial charge in [-0.25, -0.2) is 0 Å². The van der Waals surface area contributed by atoms with E-state index in [-0.39, 0.29) is 6.61 Å². The maximum Gasteiger partial charge on any atom is 0.0694 e. The zero-order valence-electron chi connectivity index (χ0n) is 8.85. The molecule has 0 bridgehead atoms. The van der Waals surface area contributed by atoms with Crippen LogP contribution in [0.15, 0.2) is 48.5 Å². The molecule has 0 aromatic heterocycles. The molecule has 2 aliphatic carbocycles. The minimum absolute atomic E-state index is 0.0143. The van der Waals surface area contributed by atoms with Crippen LogP contribution in [0.2, 0.25) is 0 Å². The molecule has 0 heterocycles. The fourth-order valence-corrected chi connectivity index (χ4v) is 1.46. The maximum absolute atomic E-state index is 8.75. The first-order chi connectivity index (χ1) is 7.85. The summed E-state index contributed by atoms with van der Waals surface area (Å²) in [6.07, 6.45) is 5.17. The van der Waals surface area contributed by atoms with Gasteiger partial charge in [0.25, 0.3) is 0 Å². The Morgan fingerprint density at radius 2 is 1.50 bits per heavy atom. The number of rotatable bonds is 1. The molecule has 16 heavy (non-hydrogen) atoms. The molecule has 78 valence electrons. The summed E-state index contributed by atoms with van der Waals surface area (Å²) in [4.78, 5) is 0. The number of fused-ring (bicyclic) bond motifs is 1. The zero-order valence-corrected chi connectivity index (χ0v) is 8.85. The van der Waals surface area contributed by atoms with Gasteiger partial charge in [-0.05, 0) is 22.8 Å². The first kappa shape index (κ1) is 10.5. The van der Waals surface area contributed by atoms with Gasteiger partial charge in [-0.2, -0.15) is 0 Å². The van der Waals surface area contributed by atoms with Crippen molar-refractivity contribution in [2.75, 3.05) is 0 Å². The monoisotopic (exact) mass is 208 g/mol. The van der Waals surface area contributed by atoms with Gasteiger partial charge in [-0.3, -0.25) is 0 Å². The second-order valence-electron chi connectivity index (χ2n) is 3.54. The molecule has 0 atom stereocenters. The van der Waals surface area contributed by atoms with Gasteiger partial charge in [-0.1, -0.05) is 48.4 Å². The van der Waals surface area contributed by atoms with E-state index in [4.69, 9.17) is 11.5 Å². The Morgan fingerprint density at radius 1 is 0.938 bits per heavy atom. The first-order valence-electron chi connectivity index (χ1n) is 5.11. The number of hydrogen-bond donors (Lipinski definition) is 1. The number of terminal acetylenes is 1. The fraction of sp³-hybridized carbons (Fsp3) is 0.0667. The molecule has 0 amide bonds. The van der Waals surface area contributed by atoms with Gasteiger partial charge in [0.15, 0.2) is 0 Å². The van der Waals surface area contributed by atoms with Crippen LogP contribution in [0.5, 0.6) is 0 Å². The molecule has 1 N–H and O–H groups in total. The van der Waals surface area contributed by atoms with Crippen LogP contribution in [-0.4, -0.2) is 5.11 Å². The fourth-order valence-electron chi connectivity index (χ4n) is 1.46. The highest BCUT2D eigenvalue weighted by Crippen LogP contribution is 2.29. The molecule has 1 nitrogen and oxygen atoms in total. The molecule has 1 aromatic carbocycles. The summed E-state index contributed by atoms with van der Waals surface area (Å²) < 4.78 is 0. The van der Waals surface area contributed by atoms with E-state index >= 15 is 0 Å². The van der Waals surface area contributed by atoms with Crippen LogP contribution in [0.25, 0.3) is 11.1 Å². The van der Waals surface area contributed by atoms with Gasteiger partial charge in [0, 0.05) is 5.56 Å². The van der Waals surface area contributed by atoms with Gasteiger partial charge in [0.05, 0.1) is 6.61 Å². The lowest BCUT2D eigenvalue weighted by Crippen LogP contribution is -1.86. The maximum atomic E-state index is 8.75. The second kappa shape index (κ2) is 4.65. The quantitative estimate of drug-likeness (QED) is 0.610. The van der Waals surface area contributed by atoms with E-state index in [0.717, 1.165) is 11.1 Å². The van der Waals surface area contributed by atoms with E-state index in [9.17, 15) is 0 Å². The highest BCUT2D eigenvalue weighted by Gasteiger charge is 2.03. The molecule has 0 saturated carbocycles. The topological polar surface area (TPSA) is 20.2 Å². The summed E-state index contributed by atoms with van der Waals surface area (Å²) in [5.41, 5.74) is 4.43. The molecule has 0 fully saturated rings. The summed E-state index contributed by atoms with van der Waals surface area (Å²) in [6, 6.07) is 15.8. The third-order valence-electron chi connectivity index (χ3n) is 2.56. The minimum atomic E-state index is 0.0143. The van der Waals surface area contributed by atoms with E-state index in [1.54, 1.807) is 0 Å². The number of aliphatic hydroxyl groups excluding tert-OH is 1. The van der Waals surface area contributed by atoms with Crippen molar-refractivity contribution >= 4 is 0 Å². The van der Waals surface area contributed by atoms with Crippen LogP contribution in [0.4, 0.5) is 0 Å². The number of hydrogen-bond acceptors (Lipinski definition) is 1. The predicted octanol–water partition coefficient (Wildman–Crippen LogP) is 2.83. The summed E-state index contributed by atoms with van der Waals surface area (Å²) in [5, 5.41) is 8.75. The van der Waals surface area contributed by atoms with Gasteiger partial charge >= 0.3 is 0 Å². The van der Waals surface area contributed by atoms with E-state index in [0.29, 0.717) is 0 Å². The highest BCUT2D eigenvalue weighted by atomic mass is 16.3. The van der Waals surface area contributed by atoms with Gasteiger partial charge in [-0.15, -0.1) is 6.42 Å². The Kier molecular flexibility index (Phi) is 3.05. The molecule has 0 unspecified atom stereocenters. The summed E-state index contributed by atoms with van der Waals surface area (Å²) in [6.45, 7) is 0.0143. The van der Waals surface area contributed by atoms with Crippen LogP contribution < -0.4 is 0 Å². The average molecular weight is 208 g/mol. The summed E-state index contributed by atoms with van der Waals surface area (Å²) in [5.74, 6) is 2.49. The van der Waals surface area contributed by atoms with E-state index in [2.05, 4.69) is 30.2 Å². The van der Waals surface area contributed by atoms with Crippen molar-refractivity contribution in [1.29, 1.82) is 0 Å². The molecule has 1 heteroatoms. The van der Waals surface area contributed by atoms with Crippen molar-refractivity contribution in [3.05, 3.63) is 59.7 Å². The molecule has 0 saturated heterocycles. The van der Waals surface area contributed by atoms with Crippen molar-refractivity contribution in [2.24, 2.45) is 0 Å². The van der Waals surface area contributed by atoms with E-state index in [1.165, 1.54) is 11.1 Å². The Balaban J connectivity index is 0.000000134. The highest BCUT2D eigenvalue weighted by molar-refractivity contribution is 5.75. The van der Waals surface area contributed by atoms with Gasteiger partial charge in [0.1, 0.15) is 0 Å². The Labute approximate surface area is 95.4 Å². The van der Waals surface area contributed by atoms with E-state index < -0.39 is 0 Å². The molecular weight excluding hydrogens is 196 g/mol. The Bertz CT molecular complexity index is 497. The Morgan fingerprint density at radius 3 is 1.81 bits per heavy atom. The largest absolute Gasteiger partial charge is 0.392 e. The Hall–Kier alpha value is -2.04. The number of benzene rings is 2. The predicted molar refractivity (Wildman–Crippen MR) is 65.7 cm³/mol. The van der Waals surface area contributed by atoms with Crippen LogP contribution in [0.3, 0.4) is 0 Å². The van der Waals surface area contributed by atoms with Crippen molar-refractivity contribution < 1.29 is 5.11 Å². The number of aliphatic hydroxyl groups is 1. The first-order valence-corrected chi connectivity index (χ1v) is 5.11. The molecule has 3 rings (SSSR count). The zero-order chi connectivity index (χ0) is 11.4. The second-order valence-corrected chi connectivity index (χ2v) is 3.54. The normalized spacial score (nSPS) is 9.75. The minimum Gasteiger partial charge on any atom is -0.392 e. The average Bonchev–Trinajstić information content (AvgIpc) is 2.34. The van der Waals surface area contributed by atoms with Crippen LogP contribution >= 0.6 is 0 Å². The standard InChI is InChI=1S/C9H8O.C6H4/c1-2-8-5-3-4-6-9(8)7-10;1-2-6-4-3-5(1)6/h1,3-6,10H,7H2;1-4H. The molecule has 0 aliphatic heterocycles. The van der Waals surface area contributed by atoms with Crippen LogP contribution in [0, 0.1) is 12.3 Å². The molecular formula is C15H12O. The van der Waals surface area contributed by atoms with Gasteiger partial charge < -0.3 is 5.11 Å². The van der Waals surface area contributed by atoms with Crippen molar-refractivity contribution in [1.82, 2.24) is 0 Å². The van der Waals surface area contributed by atoms with E-state index in [1.807, 2.05) is 24.3 Å². The molecule has 0 spiro atoms. The van der Waals surface area contributed by atoms with Crippen molar-refractivity contribution in [3.63, 3.8) is 0 Å². The third kappa shape index (κ3) is 1.98. The lowest BCUT2D eigenvalue weighted by molar-refractivity contribution is 0.281. The van der Waals surface area contributed by atoms with Crippen molar-refractivity contribution in [3.8, 4) is 23.5 Å². The lowest BCUT2D eigenvalue weighted by Gasteiger charge is -2.10. The molecule has 2 aliphatic rings. The van der Waals surface area contributed by atoms with Gasteiger partial charge in [0.2, 0.25) is 0 Å². The molecule has 0 radical (unpaired) electrons. The third-order valence-corrected chi connectivity index (χ3v) is 2.56. The SMILES string of the molecule is C#Cc1ccccc1CO.c1cc2ccc1-2. The van der Waals surface area contributed by atoms with Crippen LogP contribution in [-0.2, 0) is 6.61 Å². The summed E-state index contributed by atoms with van der Waals surface area (Å²) >= 11 is 0. The smallest absolute Gasteiger partial charge is 0.0694 e. The molecule has 1 aromatic rings. The lowest BCUT2D eigenvalue weighted by atomic mass is 9.95.